The van der Waals surface area contributed by atoms with Crippen molar-refractivity contribution >= 4 is 57.0 Å². The van der Waals surface area contributed by atoms with Crippen LogP contribution in [0.1, 0.15) is 12.6 Å². The number of aromatic nitrogens is 1. The third-order valence-corrected chi connectivity index (χ3v) is 4.95. The zero-order chi connectivity index (χ0) is 20.3. The van der Waals surface area contributed by atoms with E-state index in [1.165, 1.54) is 41.4 Å². The fourth-order valence-electron chi connectivity index (χ4n) is 2.41. The van der Waals surface area contributed by atoms with Gasteiger partial charge in [-0.15, -0.1) is 11.3 Å². The summed E-state index contributed by atoms with van der Waals surface area (Å²) in [4.78, 5) is 28.5. The van der Waals surface area contributed by atoms with Gasteiger partial charge in [-0.3, -0.25) is 19.8 Å². The van der Waals surface area contributed by atoms with E-state index >= 15 is 0 Å². The number of nitro benzene ring substituents is 1. The zero-order valence-corrected chi connectivity index (χ0v) is 16.8. The summed E-state index contributed by atoms with van der Waals surface area (Å²) >= 11 is 13.2. The van der Waals surface area contributed by atoms with E-state index in [9.17, 15) is 14.9 Å². The summed E-state index contributed by atoms with van der Waals surface area (Å²) in [7, 11) is 0. The molecule has 3 rings (SSSR count). The molecule has 1 heterocycles. The van der Waals surface area contributed by atoms with Crippen LogP contribution in [0, 0.1) is 10.1 Å². The molecule has 0 aliphatic heterocycles. The smallest absolute Gasteiger partial charge is 0.311 e. The van der Waals surface area contributed by atoms with Gasteiger partial charge in [-0.05, 0) is 24.3 Å². The molecule has 0 saturated carbocycles. The maximum Gasteiger partial charge on any atom is 0.311 e. The minimum atomic E-state index is -0.547. The molecule has 0 bridgehead atoms. The predicted octanol–water partition coefficient (Wildman–Crippen LogP) is 5.62. The lowest BCUT2D eigenvalue weighted by Gasteiger charge is -2.18. The summed E-state index contributed by atoms with van der Waals surface area (Å²) in [6, 6.07) is 10.9. The van der Waals surface area contributed by atoms with Gasteiger partial charge in [0.25, 0.3) is 0 Å². The van der Waals surface area contributed by atoms with Crippen LogP contribution in [0.2, 0.25) is 10.0 Å². The Morgan fingerprint density at radius 1 is 1.25 bits per heavy atom. The summed E-state index contributed by atoms with van der Waals surface area (Å²) in [6.45, 7) is 1.41. The number of benzene rings is 2. The molecule has 28 heavy (non-hydrogen) atoms. The summed E-state index contributed by atoms with van der Waals surface area (Å²) in [6.07, 6.45) is 0. The zero-order valence-electron chi connectivity index (χ0n) is 14.5. The Bertz CT molecular complexity index is 1040. The highest BCUT2D eigenvalue weighted by Gasteiger charge is 2.20. The Morgan fingerprint density at radius 2 is 2.00 bits per heavy atom. The van der Waals surface area contributed by atoms with Gasteiger partial charge in [0.1, 0.15) is 6.61 Å². The maximum atomic E-state index is 12.1. The van der Waals surface area contributed by atoms with Crippen molar-refractivity contribution in [3.05, 3.63) is 73.7 Å². The number of nitrogens with zero attached hydrogens (tertiary/aromatic N) is 3. The standard InChI is InChI=1S/C18H13Cl2N3O4S/c1-11(24)22(15-4-2-3-12(19)7-15)18-21-14(10-28-18)9-27-17-8-13(20)5-6-16(17)23(25)26/h2-8,10H,9H2,1H3. The fraction of sp³-hybridized carbons (Fsp3) is 0.111. The van der Waals surface area contributed by atoms with E-state index in [-0.39, 0.29) is 24.0 Å². The van der Waals surface area contributed by atoms with Crippen molar-refractivity contribution in [2.45, 2.75) is 13.5 Å². The first-order valence-electron chi connectivity index (χ1n) is 7.92. The van der Waals surface area contributed by atoms with E-state index in [0.29, 0.717) is 26.6 Å². The molecule has 0 saturated heterocycles. The highest BCUT2D eigenvalue weighted by Crippen LogP contribution is 2.33. The number of thiazole rings is 1. The fourth-order valence-corrected chi connectivity index (χ4v) is 3.63. The Morgan fingerprint density at radius 3 is 2.68 bits per heavy atom. The van der Waals surface area contributed by atoms with Gasteiger partial charge in [-0.1, -0.05) is 29.3 Å². The Hall–Kier alpha value is -2.68. The lowest BCUT2D eigenvalue weighted by atomic mass is 10.3. The molecule has 144 valence electrons. The van der Waals surface area contributed by atoms with Crippen LogP contribution in [0.5, 0.6) is 5.75 Å². The topological polar surface area (TPSA) is 85.6 Å². The van der Waals surface area contributed by atoms with Gasteiger partial charge in [0.15, 0.2) is 10.9 Å². The second-order valence-corrected chi connectivity index (χ2v) is 7.32. The molecule has 10 heteroatoms. The molecule has 1 aromatic heterocycles. The first kappa shape index (κ1) is 20.1. The van der Waals surface area contributed by atoms with Crippen LogP contribution in [-0.2, 0) is 11.4 Å². The largest absolute Gasteiger partial charge is 0.480 e. The van der Waals surface area contributed by atoms with Crippen molar-refractivity contribution in [2.24, 2.45) is 0 Å². The van der Waals surface area contributed by atoms with E-state index in [0.717, 1.165) is 0 Å². The number of rotatable bonds is 6. The van der Waals surface area contributed by atoms with Gasteiger partial charge in [0.05, 0.1) is 16.3 Å². The normalized spacial score (nSPS) is 10.5. The van der Waals surface area contributed by atoms with Crippen molar-refractivity contribution in [1.29, 1.82) is 0 Å². The number of halogens is 2. The van der Waals surface area contributed by atoms with Gasteiger partial charge >= 0.3 is 5.69 Å². The lowest BCUT2D eigenvalue weighted by molar-refractivity contribution is -0.385. The SMILES string of the molecule is CC(=O)N(c1cccc(Cl)c1)c1nc(COc2cc(Cl)ccc2[N+](=O)[O-])cs1. The van der Waals surface area contributed by atoms with E-state index in [4.69, 9.17) is 27.9 Å². The van der Waals surface area contributed by atoms with Crippen molar-refractivity contribution in [3.63, 3.8) is 0 Å². The van der Waals surface area contributed by atoms with E-state index in [2.05, 4.69) is 4.98 Å². The molecule has 0 spiro atoms. The first-order chi connectivity index (χ1) is 13.3. The summed E-state index contributed by atoms with van der Waals surface area (Å²) < 4.78 is 5.54. The van der Waals surface area contributed by atoms with Crippen LogP contribution < -0.4 is 9.64 Å². The third kappa shape index (κ3) is 4.59. The van der Waals surface area contributed by atoms with Crippen molar-refractivity contribution in [1.82, 2.24) is 4.98 Å². The van der Waals surface area contributed by atoms with Crippen LogP contribution in [0.15, 0.2) is 47.8 Å². The van der Waals surface area contributed by atoms with Crippen molar-refractivity contribution < 1.29 is 14.5 Å². The van der Waals surface area contributed by atoms with Gasteiger partial charge in [-0.25, -0.2) is 4.98 Å². The van der Waals surface area contributed by atoms with Gasteiger partial charge in [0.2, 0.25) is 5.91 Å². The van der Waals surface area contributed by atoms with Crippen LogP contribution in [0.3, 0.4) is 0 Å². The molecule has 3 aromatic rings. The monoisotopic (exact) mass is 437 g/mol. The molecule has 7 nitrogen and oxygen atoms in total. The van der Waals surface area contributed by atoms with Crippen LogP contribution >= 0.6 is 34.5 Å². The van der Waals surface area contributed by atoms with E-state index in [1.54, 1.807) is 29.6 Å². The highest BCUT2D eigenvalue weighted by atomic mass is 35.5. The molecule has 0 aliphatic carbocycles. The second kappa shape index (κ2) is 8.55. The van der Waals surface area contributed by atoms with Gasteiger partial charge in [0, 0.05) is 34.5 Å². The number of carbonyl (C=O) groups is 1. The quantitative estimate of drug-likeness (QED) is 0.368. The average molecular weight is 438 g/mol. The van der Waals surface area contributed by atoms with Gasteiger partial charge in [-0.2, -0.15) is 0 Å². The molecular weight excluding hydrogens is 425 g/mol. The van der Waals surface area contributed by atoms with Crippen LogP contribution in [-0.4, -0.2) is 15.8 Å². The molecule has 0 aliphatic rings. The summed E-state index contributed by atoms with van der Waals surface area (Å²) in [5.41, 5.74) is 0.916. The van der Waals surface area contributed by atoms with E-state index < -0.39 is 4.92 Å². The molecule has 0 fully saturated rings. The number of nitro groups is 1. The lowest BCUT2D eigenvalue weighted by Crippen LogP contribution is -2.22. The number of amides is 1. The summed E-state index contributed by atoms with van der Waals surface area (Å²) in [5, 5.41) is 14.1. The average Bonchev–Trinajstić information content (AvgIpc) is 3.08. The maximum absolute atomic E-state index is 12.1. The Balaban J connectivity index is 1.81. The third-order valence-electron chi connectivity index (χ3n) is 3.61. The van der Waals surface area contributed by atoms with Crippen LogP contribution in [0.25, 0.3) is 0 Å². The Kier molecular flexibility index (Phi) is 6.13. The van der Waals surface area contributed by atoms with Crippen molar-refractivity contribution in [2.75, 3.05) is 4.90 Å². The van der Waals surface area contributed by atoms with Gasteiger partial charge < -0.3 is 4.74 Å². The predicted molar refractivity (Wildman–Crippen MR) is 109 cm³/mol. The molecule has 0 radical (unpaired) electrons. The van der Waals surface area contributed by atoms with Crippen molar-refractivity contribution in [3.8, 4) is 5.75 Å². The number of ether oxygens (including phenoxy) is 1. The second-order valence-electron chi connectivity index (χ2n) is 5.61. The molecular formula is C18H13Cl2N3O4S. The van der Waals surface area contributed by atoms with E-state index in [1.807, 2.05) is 0 Å². The molecule has 0 atom stereocenters. The van der Waals surface area contributed by atoms with Crippen LogP contribution in [0.4, 0.5) is 16.5 Å². The number of hydrogen-bond acceptors (Lipinski definition) is 6. The number of hydrogen-bond donors (Lipinski definition) is 0. The number of carbonyl (C=O) groups excluding carboxylic acids is 1. The number of anilines is 2. The molecule has 2 aromatic carbocycles. The highest BCUT2D eigenvalue weighted by molar-refractivity contribution is 7.14. The molecule has 0 N–H and O–H groups in total. The minimum absolute atomic E-state index is 0.0149. The molecule has 0 unspecified atom stereocenters. The Labute approximate surface area is 174 Å². The first-order valence-corrected chi connectivity index (χ1v) is 9.56. The summed E-state index contributed by atoms with van der Waals surface area (Å²) in [5.74, 6) is -0.181. The molecule has 1 amide bonds. The minimum Gasteiger partial charge on any atom is -0.480 e.